The van der Waals surface area contributed by atoms with E-state index in [1.165, 1.54) is 24.3 Å². The van der Waals surface area contributed by atoms with Gasteiger partial charge in [-0.3, -0.25) is 14.5 Å². The number of piperidine rings is 1. The van der Waals surface area contributed by atoms with Crippen LogP contribution in [0.4, 0.5) is 4.79 Å². The zero-order chi connectivity index (χ0) is 19.4. The van der Waals surface area contributed by atoms with E-state index in [2.05, 4.69) is 5.32 Å². The molecule has 2 aliphatic heterocycles. The summed E-state index contributed by atoms with van der Waals surface area (Å²) in [7, 11) is 2.98. The Labute approximate surface area is 157 Å². The molecular weight excluding hydrogens is 354 g/mol. The zero-order valence-electron chi connectivity index (χ0n) is 15.7. The van der Waals surface area contributed by atoms with Gasteiger partial charge in [0.15, 0.2) is 0 Å². The minimum Gasteiger partial charge on any atom is -0.490 e. The van der Waals surface area contributed by atoms with Gasteiger partial charge in [0, 0.05) is 26.3 Å². The van der Waals surface area contributed by atoms with Crippen molar-refractivity contribution in [3.05, 3.63) is 28.3 Å². The van der Waals surface area contributed by atoms with E-state index in [-0.39, 0.29) is 35.4 Å². The summed E-state index contributed by atoms with van der Waals surface area (Å²) in [5.41, 5.74) is -1.19. The number of hydrogen-bond donors (Lipinski definition) is 1. The van der Waals surface area contributed by atoms with Crippen LogP contribution in [0.25, 0.3) is 0 Å². The van der Waals surface area contributed by atoms with Gasteiger partial charge in [-0.25, -0.2) is 4.79 Å². The first-order valence-electron chi connectivity index (χ1n) is 9.02. The number of urea groups is 1. The minimum absolute atomic E-state index is 0.0765. The summed E-state index contributed by atoms with van der Waals surface area (Å²) in [5.74, 6) is 0.0871. The molecule has 3 amide bonds. The number of ether oxygens (including phenoxy) is 2. The molecule has 0 radical (unpaired) electrons. The van der Waals surface area contributed by atoms with Crippen molar-refractivity contribution in [3.8, 4) is 5.75 Å². The molecule has 0 aliphatic carbocycles. The second kappa shape index (κ2) is 8.10. The van der Waals surface area contributed by atoms with E-state index in [0.29, 0.717) is 45.5 Å². The first-order valence-corrected chi connectivity index (χ1v) is 9.02. The number of carbonyl (C=O) groups is 2. The zero-order valence-corrected chi connectivity index (χ0v) is 15.7. The summed E-state index contributed by atoms with van der Waals surface area (Å²) in [5, 5.41) is 3.24. The Kier molecular flexibility index (Phi) is 5.81. The van der Waals surface area contributed by atoms with Crippen LogP contribution in [-0.2, 0) is 16.1 Å². The van der Waals surface area contributed by atoms with Crippen LogP contribution in [-0.4, -0.2) is 67.7 Å². The van der Waals surface area contributed by atoms with Gasteiger partial charge in [0.25, 0.3) is 5.91 Å². The van der Waals surface area contributed by atoms with E-state index >= 15 is 0 Å². The van der Waals surface area contributed by atoms with Crippen LogP contribution >= 0.6 is 0 Å². The molecule has 2 aliphatic rings. The maximum absolute atomic E-state index is 13.2. The molecule has 2 fully saturated rings. The monoisotopic (exact) mass is 379 g/mol. The summed E-state index contributed by atoms with van der Waals surface area (Å²) in [6.07, 6.45) is 2.97. The lowest BCUT2D eigenvalue weighted by atomic mass is 9.86. The predicted molar refractivity (Wildman–Crippen MR) is 95.5 cm³/mol. The fourth-order valence-electron chi connectivity index (χ4n) is 3.75. The van der Waals surface area contributed by atoms with Gasteiger partial charge in [0.1, 0.15) is 17.6 Å². The Hall–Kier alpha value is -2.39. The van der Waals surface area contributed by atoms with Crippen LogP contribution in [0, 0.1) is 0 Å². The highest BCUT2D eigenvalue weighted by Gasteiger charge is 2.57. The third-order valence-corrected chi connectivity index (χ3v) is 5.17. The summed E-state index contributed by atoms with van der Waals surface area (Å²) >= 11 is 0. The van der Waals surface area contributed by atoms with Crippen molar-refractivity contribution >= 4 is 11.9 Å². The number of amides is 3. The molecule has 3 rings (SSSR count). The molecule has 0 atom stereocenters. The second-order valence-electron chi connectivity index (χ2n) is 6.73. The SMILES string of the molecule is COCCCN1C(=O)N(Cc2cc(=O)c(OC)co2)C(=O)C12CCNCC2. The van der Waals surface area contributed by atoms with E-state index in [1.54, 1.807) is 12.0 Å². The van der Waals surface area contributed by atoms with Crippen molar-refractivity contribution in [1.82, 2.24) is 15.1 Å². The lowest BCUT2D eigenvalue weighted by Crippen LogP contribution is -2.56. The third kappa shape index (κ3) is 3.57. The van der Waals surface area contributed by atoms with Gasteiger partial charge in [-0.2, -0.15) is 0 Å². The highest BCUT2D eigenvalue weighted by molar-refractivity contribution is 6.07. The fraction of sp³-hybridized carbons (Fsp3) is 0.611. The van der Waals surface area contributed by atoms with Crippen molar-refractivity contribution in [2.75, 3.05) is 40.5 Å². The highest BCUT2D eigenvalue weighted by atomic mass is 16.5. The number of methoxy groups -OCH3 is 2. The second-order valence-corrected chi connectivity index (χ2v) is 6.73. The predicted octanol–water partition coefficient (Wildman–Crippen LogP) is 0.571. The Morgan fingerprint density at radius 3 is 2.59 bits per heavy atom. The first-order chi connectivity index (χ1) is 13.0. The van der Waals surface area contributed by atoms with Gasteiger partial charge >= 0.3 is 6.03 Å². The number of nitrogens with one attached hydrogen (secondary N) is 1. The maximum atomic E-state index is 13.2. The summed E-state index contributed by atoms with van der Waals surface area (Å²) in [6, 6.07) is 0.902. The van der Waals surface area contributed by atoms with Crippen LogP contribution in [0.15, 0.2) is 21.5 Å². The van der Waals surface area contributed by atoms with Crippen molar-refractivity contribution in [2.24, 2.45) is 0 Å². The lowest BCUT2D eigenvalue weighted by Gasteiger charge is -2.38. The third-order valence-electron chi connectivity index (χ3n) is 5.17. The normalized spacial score (nSPS) is 19.2. The van der Waals surface area contributed by atoms with Crippen molar-refractivity contribution < 1.29 is 23.5 Å². The van der Waals surface area contributed by atoms with Gasteiger partial charge in [-0.15, -0.1) is 0 Å². The molecule has 0 aromatic carbocycles. The smallest absolute Gasteiger partial charge is 0.328 e. The summed E-state index contributed by atoms with van der Waals surface area (Å²) < 4.78 is 15.4. The number of rotatable bonds is 7. The van der Waals surface area contributed by atoms with Crippen LogP contribution in [0.5, 0.6) is 5.75 Å². The Bertz CT molecular complexity index is 756. The van der Waals surface area contributed by atoms with E-state index in [1.807, 2.05) is 0 Å². The van der Waals surface area contributed by atoms with Crippen LogP contribution in [0.2, 0.25) is 0 Å². The molecule has 1 spiro atoms. The average molecular weight is 379 g/mol. The molecule has 0 bridgehead atoms. The molecule has 3 heterocycles. The number of imide groups is 1. The molecular formula is C18H25N3O6. The van der Waals surface area contributed by atoms with E-state index in [0.717, 1.165) is 0 Å². The summed E-state index contributed by atoms with van der Waals surface area (Å²) in [6.45, 7) is 2.23. The molecule has 0 unspecified atom stereocenters. The fourth-order valence-corrected chi connectivity index (χ4v) is 3.75. The maximum Gasteiger partial charge on any atom is 0.328 e. The van der Waals surface area contributed by atoms with E-state index < -0.39 is 5.54 Å². The van der Waals surface area contributed by atoms with Gasteiger partial charge in [-0.1, -0.05) is 0 Å². The Balaban J connectivity index is 1.85. The molecule has 148 valence electrons. The van der Waals surface area contributed by atoms with Gasteiger partial charge in [0.2, 0.25) is 11.2 Å². The molecule has 1 aromatic heterocycles. The highest BCUT2D eigenvalue weighted by Crippen LogP contribution is 2.36. The number of carbonyl (C=O) groups excluding carboxylic acids is 2. The van der Waals surface area contributed by atoms with Crippen molar-refractivity contribution in [1.29, 1.82) is 0 Å². The Morgan fingerprint density at radius 2 is 1.96 bits per heavy atom. The average Bonchev–Trinajstić information content (AvgIpc) is 2.85. The van der Waals surface area contributed by atoms with Crippen LogP contribution in [0.1, 0.15) is 25.0 Å². The lowest BCUT2D eigenvalue weighted by molar-refractivity contribution is -0.135. The number of hydrogen-bond acceptors (Lipinski definition) is 7. The molecule has 1 aromatic rings. The van der Waals surface area contributed by atoms with Gasteiger partial charge < -0.3 is 24.1 Å². The van der Waals surface area contributed by atoms with Gasteiger partial charge in [-0.05, 0) is 32.4 Å². The van der Waals surface area contributed by atoms with Crippen LogP contribution in [0.3, 0.4) is 0 Å². The molecule has 1 N–H and O–H groups in total. The molecule has 9 heteroatoms. The largest absolute Gasteiger partial charge is 0.490 e. The summed E-state index contributed by atoms with van der Waals surface area (Å²) in [4.78, 5) is 41.0. The topological polar surface area (TPSA) is 101 Å². The Morgan fingerprint density at radius 1 is 1.22 bits per heavy atom. The van der Waals surface area contributed by atoms with Crippen molar-refractivity contribution in [3.63, 3.8) is 0 Å². The molecule has 27 heavy (non-hydrogen) atoms. The minimum atomic E-state index is -0.831. The molecule has 9 nitrogen and oxygen atoms in total. The number of nitrogens with zero attached hydrogens (tertiary/aromatic N) is 2. The van der Waals surface area contributed by atoms with Crippen molar-refractivity contribution in [2.45, 2.75) is 31.3 Å². The first kappa shape index (κ1) is 19.4. The molecule has 2 saturated heterocycles. The van der Waals surface area contributed by atoms with E-state index in [4.69, 9.17) is 13.9 Å². The van der Waals surface area contributed by atoms with Crippen LogP contribution < -0.4 is 15.5 Å². The quantitative estimate of drug-likeness (QED) is 0.546. The van der Waals surface area contributed by atoms with E-state index in [9.17, 15) is 14.4 Å². The molecule has 0 saturated carbocycles. The van der Waals surface area contributed by atoms with Gasteiger partial charge in [0.05, 0.1) is 13.7 Å². The standard InChI is InChI=1S/C18H25N3O6/c1-25-9-3-8-21-17(24)20(16(23)18(21)4-6-19-7-5-18)11-13-10-14(22)15(26-2)12-27-13/h10,12,19H,3-9,11H2,1-2H3.